The molecule has 0 bridgehead atoms. The van der Waals surface area contributed by atoms with Gasteiger partial charge in [0.25, 0.3) is 0 Å². The molecule has 0 aliphatic heterocycles. The lowest BCUT2D eigenvalue weighted by atomic mass is 9.71. The molecule has 3 aromatic rings. The van der Waals surface area contributed by atoms with E-state index in [4.69, 9.17) is 0 Å². The van der Waals surface area contributed by atoms with E-state index in [1.165, 1.54) is 47.0 Å². The Morgan fingerprint density at radius 2 is 1.11 bits per heavy atom. The quantitative estimate of drug-likeness (QED) is 0.374. The number of thiophene rings is 2. The molecule has 0 N–H and O–H groups in total. The van der Waals surface area contributed by atoms with Gasteiger partial charge >= 0.3 is 0 Å². The van der Waals surface area contributed by atoms with Gasteiger partial charge in [0.1, 0.15) is 0 Å². The van der Waals surface area contributed by atoms with Crippen LogP contribution in [-0.2, 0) is 16.2 Å². The maximum Gasteiger partial charge on any atom is 0.0534 e. The lowest BCUT2D eigenvalue weighted by Crippen LogP contribution is -2.23. The first-order valence-electron chi connectivity index (χ1n) is 10.3. The summed E-state index contributed by atoms with van der Waals surface area (Å²) in [5.41, 5.74) is 7.69. The largest absolute Gasteiger partial charge is 0.139 e. The van der Waals surface area contributed by atoms with Crippen LogP contribution in [0.2, 0.25) is 0 Å². The van der Waals surface area contributed by atoms with Crippen molar-refractivity contribution in [1.29, 1.82) is 0 Å². The number of hydrogen-bond acceptors (Lipinski definition) is 2. The Bertz CT molecular complexity index is 986. The number of aryl methyl sites for hydroxylation is 2. The zero-order valence-corrected chi connectivity index (χ0v) is 21.2. The van der Waals surface area contributed by atoms with Crippen LogP contribution in [0.15, 0.2) is 18.2 Å². The van der Waals surface area contributed by atoms with Crippen molar-refractivity contribution in [2.75, 3.05) is 0 Å². The van der Waals surface area contributed by atoms with Gasteiger partial charge < -0.3 is 0 Å². The SMILES string of the molecule is Cc1cc2sc(C)c(-c3c(C(C)(C)C)cc(C(C)(C)C)cc3C(C)(C)C)c2s1. The molecule has 0 unspecified atom stereocenters. The molecule has 2 heterocycles. The van der Waals surface area contributed by atoms with E-state index in [0.717, 1.165) is 0 Å². The van der Waals surface area contributed by atoms with Crippen LogP contribution in [0.25, 0.3) is 20.5 Å². The fraction of sp³-hybridized carbons (Fsp3) is 0.538. The molecular formula is C26H36S2. The highest BCUT2D eigenvalue weighted by atomic mass is 32.1. The summed E-state index contributed by atoms with van der Waals surface area (Å²) in [6.07, 6.45) is 0. The molecule has 2 aromatic heterocycles. The van der Waals surface area contributed by atoms with Gasteiger partial charge in [-0.05, 0) is 58.4 Å². The second-order valence-corrected chi connectivity index (χ2v) is 13.8. The van der Waals surface area contributed by atoms with Crippen LogP contribution in [0, 0.1) is 13.8 Å². The topological polar surface area (TPSA) is 0 Å². The van der Waals surface area contributed by atoms with Crippen LogP contribution in [0.1, 0.15) is 88.8 Å². The Kier molecular flexibility index (Phi) is 5.17. The molecule has 152 valence electrons. The van der Waals surface area contributed by atoms with Gasteiger partial charge in [0.05, 0.1) is 4.70 Å². The van der Waals surface area contributed by atoms with Crippen molar-refractivity contribution in [1.82, 2.24) is 0 Å². The summed E-state index contributed by atoms with van der Waals surface area (Å²) in [5.74, 6) is 0. The molecule has 3 rings (SSSR count). The second kappa shape index (κ2) is 6.71. The van der Waals surface area contributed by atoms with Crippen molar-refractivity contribution >= 4 is 32.1 Å². The predicted octanol–water partition coefficient (Wildman–Crippen LogP) is 9.14. The molecule has 0 spiro atoms. The smallest absolute Gasteiger partial charge is 0.0534 e. The highest BCUT2D eigenvalue weighted by Crippen LogP contribution is 2.50. The predicted molar refractivity (Wildman–Crippen MR) is 131 cm³/mol. The average molecular weight is 413 g/mol. The molecule has 0 fully saturated rings. The van der Waals surface area contributed by atoms with Gasteiger partial charge in [-0.25, -0.2) is 0 Å². The molecule has 0 aliphatic carbocycles. The van der Waals surface area contributed by atoms with Crippen LogP contribution in [-0.4, -0.2) is 0 Å². The summed E-state index contributed by atoms with van der Waals surface area (Å²) in [7, 11) is 0. The average Bonchev–Trinajstić information content (AvgIpc) is 2.97. The van der Waals surface area contributed by atoms with Crippen LogP contribution < -0.4 is 0 Å². The van der Waals surface area contributed by atoms with Crippen molar-refractivity contribution in [3.8, 4) is 11.1 Å². The van der Waals surface area contributed by atoms with E-state index in [1.807, 2.05) is 22.7 Å². The Hall–Kier alpha value is -1.12. The van der Waals surface area contributed by atoms with E-state index < -0.39 is 0 Å². The third-order valence-electron chi connectivity index (χ3n) is 5.53. The van der Waals surface area contributed by atoms with E-state index in [9.17, 15) is 0 Å². The van der Waals surface area contributed by atoms with Gasteiger partial charge in [0.15, 0.2) is 0 Å². The molecule has 0 saturated heterocycles. The van der Waals surface area contributed by atoms with Crippen molar-refractivity contribution in [2.24, 2.45) is 0 Å². The third kappa shape index (κ3) is 3.83. The van der Waals surface area contributed by atoms with Crippen molar-refractivity contribution in [3.63, 3.8) is 0 Å². The van der Waals surface area contributed by atoms with Gasteiger partial charge in [0, 0.05) is 20.0 Å². The molecule has 1 aromatic carbocycles. The lowest BCUT2D eigenvalue weighted by molar-refractivity contribution is 0.551. The molecule has 0 atom stereocenters. The third-order valence-corrected chi connectivity index (χ3v) is 7.78. The first kappa shape index (κ1) is 21.6. The molecule has 0 nitrogen and oxygen atoms in total. The van der Waals surface area contributed by atoms with Gasteiger partial charge in [-0.1, -0.05) is 74.4 Å². The van der Waals surface area contributed by atoms with E-state index in [0.29, 0.717) is 0 Å². The summed E-state index contributed by atoms with van der Waals surface area (Å²) >= 11 is 3.91. The summed E-state index contributed by atoms with van der Waals surface area (Å²) < 4.78 is 2.91. The zero-order valence-electron chi connectivity index (χ0n) is 19.5. The van der Waals surface area contributed by atoms with Crippen LogP contribution in [0.3, 0.4) is 0 Å². The maximum absolute atomic E-state index is 2.49. The fourth-order valence-electron chi connectivity index (χ4n) is 3.93. The lowest BCUT2D eigenvalue weighted by Gasteiger charge is -2.34. The summed E-state index contributed by atoms with van der Waals surface area (Å²) in [5, 5.41) is 0. The number of rotatable bonds is 1. The number of fused-ring (bicyclic) bond motifs is 1. The Balaban J connectivity index is 2.53. The normalized spacial score (nSPS) is 13.5. The molecular weight excluding hydrogens is 376 g/mol. The van der Waals surface area contributed by atoms with E-state index in [1.54, 1.807) is 0 Å². The van der Waals surface area contributed by atoms with Gasteiger partial charge in [-0.3, -0.25) is 0 Å². The Labute approximate surface area is 180 Å². The van der Waals surface area contributed by atoms with Gasteiger partial charge in [0.2, 0.25) is 0 Å². The summed E-state index contributed by atoms with van der Waals surface area (Å²) in [6, 6.07) is 7.35. The Morgan fingerprint density at radius 3 is 1.54 bits per heavy atom. The monoisotopic (exact) mass is 412 g/mol. The van der Waals surface area contributed by atoms with Gasteiger partial charge in [-0.15, -0.1) is 22.7 Å². The number of hydrogen-bond donors (Lipinski definition) is 0. The van der Waals surface area contributed by atoms with Crippen molar-refractivity contribution in [2.45, 2.75) is 92.4 Å². The van der Waals surface area contributed by atoms with Gasteiger partial charge in [-0.2, -0.15) is 0 Å². The molecule has 0 radical (unpaired) electrons. The minimum absolute atomic E-state index is 0.0869. The number of benzene rings is 1. The maximum atomic E-state index is 2.49. The second-order valence-electron chi connectivity index (χ2n) is 11.3. The fourth-order valence-corrected chi connectivity index (χ4v) is 6.41. The minimum atomic E-state index is 0.0869. The molecule has 0 aliphatic rings. The molecule has 28 heavy (non-hydrogen) atoms. The minimum Gasteiger partial charge on any atom is -0.139 e. The Morgan fingerprint density at radius 1 is 0.607 bits per heavy atom. The van der Waals surface area contributed by atoms with E-state index in [2.05, 4.69) is 94.4 Å². The standard InChI is InChI=1S/C26H36S2/c1-15-12-20-23(27-15)21(16(2)28-20)22-18(25(6,7)8)13-17(24(3,4)5)14-19(22)26(9,10)11/h12-14H,1-11H3. The van der Waals surface area contributed by atoms with Crippen molar-refractivity contribution < 1.29 is 0 Å². The highest BCUT2D eigenvalue weighted by Gasteiger charge is 2.31. The zero-order chi connectivity index (χ0) is 21.2. The summed E-state index contributed by atoms with van der Waals surface area (Å²) in [4.78, 5) is 2.85. The van der Waals surface area contributed by atoms with E-state index in [-0.39, 0.29) is 16.2 Å². The summed E-state index contributed by atoms with van der Waals surface area (Å²) in [6.45, 7) is 25.7. The van der Waals surface area contributed by atoms with Crippen molar-refractivity contribution in [3.05, 3.63) is 44.6 Å². The van der Waals surface area contributed by atoms with Crippen LogP contribution in [0.5, 0.6) is 0 Å². The molecule has 2 heteroatoms. The highest BCUT2D eigenvalue weighted by molar-refractivity contribution is 7.28. The molecule has 0 saturated carbocycles. The van der Waals surface area contributed by atoms with Crippen LogP contribution >= 0.6 is 22.7 Å². The van der Waals surface area contributed by atoms with E-state index >= 15 is 0 Å². The molecule has 0 amide bonds. The first-order valence-corrected chi connectivity index (χ1v) is 11.9. The van der Waals surface area contributed by atoms with Crippen LogP contribution in [0.4, 0.5) is 0 Å². The first-order chi connectivity index (χ1) is 12.6.